The van der Waals surface area contributed by atoms with Crippen LogP contribution in [0.2, 0.25) is 18.1 Å². The van der Waals surface area contributed by atoms with Crippen LogP contribution in [0.5, 0.6) is 5.75 Å². The number of esters is 1. The minimum atomic E-state index is -1.99. The third-order valence-electron chi connectivity index (χ3n) is 7.87. The summed E-state index contributed by atoms with van der Waals surface area (Å²) in [5, 5.41) is 0.863. The molecule has 1 aromatic carbocycles. The second-order valence-electron chi connectivity index (χ2n) is 11.0. The number of benzene rings is 1. The zero-order valence-electron chi connectivity index (χ0n) is 24.3. The van der Waals surface area contributed by atoms with Crippen molar-refractivity contribution in [1.82, 2.24) is 0 Å². The fraction of sp³-hybridized carbons (Fsp3) is 0.727. The van der Waals surface area contributed by atoms with E-state index in [0.717, 1.165) is 5.20 Å². The molecule has 1 aromatic rings. The summed E-state index contributed by atoms with van der Waals surface area (Å²) in [5.74, 6) is 0.487. The third-order valence-corrected chi connectivity index (χ3v) is 13.3. The highest BCUT2D eigenvalue weighted by Crippen LogP contribution is 2.36. The molecule has 36 heavy (non-hydrogen) atoms. The SMILES string of the molecule is C=C(C(=O)Oc1ccccc1)[Si](CCCCCCCC)(CCCCCCCC)CCCCCCCC. The van der Waals surface area contributed by atoms with Gasteiger partial charge in [0.05, 0.1) is 8.07 Å². The maximum Gasteiger partial charge on any atom is 0.334 e. The van der Waals surface area contributed by atoms with Crippen molar-refractivity contribution < 1.29 is 9.53 Å². The Morgan fingerprint density at radius 3 is 1.36 bits per heavy atom. The van der Waals surface area contributed by atoms with E-state index in [2.05, 4.69) is 27.4 Å². The molecule has 0 saturated carbocycles. The van der Waals surface area contributed by atoms with Crippen LogP contribution >= 0.6 is 0 Å². The van der Waals surface area contributed by atoms with Gasteiger partial charge in [-0.25, -0.2) is 4.79 Å². The lowest BCUT2D eigenvalue weighted by molar-refractivity contribution is -0.129. The summed E-state index contributed by atoms with van der Waals surface area (Å²) in [7, 11) is -1.99. The molecule has 0 amide bonds. The summed E-state index contributed by atoms with van der Waals surface area (Å²) in [6, 6.07) is 13.2. The standard InChI is InChI=1S/C33H58O2Si/c1-5-8-11-14-17-23-28-36(29-24-18-15-12-9-6-2,30-25-19-16-13-10-7-3)31(4)33(34)35-32-26-21-20-22-27-32/h20-22,26-27H,4-19,23-25,28-30H2,1-3H3. The number of hydrogen-bond acceptors (Lipinski definition) is 2. The molecule has 2 nitrogen and oxygen atoms in total. The van der Waals surface area contributed by atoms with E-state index in [4.69, 9.17) is 4.74 Å². The predicted molar refractivity (Wildman–Crippen MR) is 162 cm³/mol. The lowest BCUT2D eigenvalue weighted by atomic mass is 10.1. The van der Waals surface area contributed by atoms with Crippen LogP contribution in [0, 0.1) is 0 Å². The average molecular weight is 515 g/mol. The van der Waals surface area contributed by atoms with E-state index in [9.17, 15) is 4.79 Å². The van der Waals surface area contributed by atoms with Crippen LogP contribution in [0.1, 0.15) is 136 Å². The van der Waals surface area contributed by atoms with Gasteiger partial charge in [0, 0.05) is 5.20 Å². The molecule has 0 unspecified atom stereocenters. The predicted octanol–water partition coefficient (Wildman–Crippen LogP) is 11.2. The van der Waals surface area contributed by atoms with E-state index in [1.807, 2.05) is 30.3 Å². The van der Waals surface area contributed by atoms with E-state index in [-0.39, 0.29) is 5.97 Å². The van der Waals surface area contributed by atoms with Gasteiger partial charge in [0.15, 0.2) is 0 Å². The van der Waals surface area contributed by atoms with Gasteiger partial charge in [-0.05, 0) is 12.1 Å². The number of hydrogen-bond donors (Lipinski definition) is 0. The molecule has 0 atom stereocenters. The van der Waals surface area contributed by atoms with Crippen LogP contribution in [0.25, 0.3) is 0 Å². The van der Waals surface area contributed by atoms with Crippen LogP contribution < -0.4 is 4.74 Å². The molecule has 3 heteroatoms. The van der Waals surface area contributed by atoms with Gasteiger partial charge in [0.25, 0.3) is 0 Å². The first-order valence-electron chi connectivity index (χ1n) is 15.6. The Hall–Kier alpha value is -1.35. The quantitative estimate of drug-likeness (QED) is 0.0450. The Labute approximate surface area is 225 Å². The Kier molecular flexibility index (Phi) is 19.7. The van der Waals surface area contributed by atoms with Crippen molar-refractivity contribution in [2.24, 2.45) is 0 Å². The summed E-state index contributed by atoms with van der Waals surface area (Å²) in [4.78, 5) is 13.4. The summed E-state index contributed by atoms with van der Waals surface area (Å²) in [6.07, 6.45) is 23.5. The zero-order chi connectivity index (χ0) is 26.3. The van der Waals surface area contributed by atoms with Crippen LogP contribution in [0.4, 0.5) is 0 Å². The van der Waals surface area contributed by atoms with Gasteiger partial charge in [-0.3, -0.25) is 0 Å². The van der Waals surface area contributed by atoms with Gasteiger partial charge in [0.1, 0.15) is 5.75 Å². The molecule has 0 aromatic heterocycles. The number of rotatable bonds is 24. The molecule has 0 aliphatic carbocycles. The van der Waals surface area contributed by atoms with Crippen LogP contribution in [0.3, 0.4) is 0 Å². The lowest BCUT2D eigenvalue weighted by Gasteiger charge is -2.33. The van der Waals surface area contributed by atoms with Crippen molar-refractivity contribution in [3.8, 4) is 5.75 Å². The second-order valence-corrected chi connectivity index (χ2v) is 15.7. The second kappa shape index (κ2) is 21.7. The molecule has 0 aliphatic rings. The molecule has 0 bridgehead atoms. The normalized spacial score (nSPS) is 11.5. The summed E-state index contributed by atoms with van der Waals surface area (Å²) in [5.41, 5.74) is 0. The van der Waals surface area contributed by atoms with Gasteiger partial charge in [0.2, 0.25) is 0 Å². The number of ether oxygens (including phenoxy) is 1. The van der Waals surface area contributed by atoms with Crippen molar-refractivity contribution >= 4 is 14.0 Å². The van der Waals surface area contributed by atoms with Crippen molar-refractivity contribution in [2.75, 3.05) is 0 Å². The van der Waals surface area contributed by atoms with Gasteiger partial charge in [-0.2, -0.15) is 0 Å². The van der Waals surface area contributed by atoms with Crippen molar-refractivity contribution in [3.63, 3.8) is 0 Å². The molecule has 0 radical (unpaired) electrons. The average Bonchev–Trinajstić information content (AvgIpc) is 2.89. The highest BCUT2D eigenvalue weighted by atomic mass is 28.3. The van der Waals surface area contributed by atoms with Crippen molar-refractivity contribution in [3.05, 3.63) is 42.1 Å². The molecule has 0 heterocycles. The van der Waals surface area contributed by atoms with E-state index in [1.54, 1.807) is 0 Å². The largest absolute Gasteiger partial charge is 0.423 e. The molecule has 0 N–H and O–H groups in total. The van der Waals surface area contributed by atoms with Crippen molar-refractivity contribution in [1.29, 1.82) is 0 Å². The topological polar surface area (TPSA) is 26.3 Å². The van der Waals surface area contributed by atoms with E-state index in [0.29, 0.717) is 5.75 Å². The fourth-order valence-corrected chi connectivity index (χ4v) is 10.4. The van der Waals surface area contributed by atoms with Crippen LogP contribution in [-0.2, 0) is 4.79 Å². The number of carbonyl (C=O) groups is 1. The Balaban J connectivity index is 2.91. The maximum absolute atomic E-state index is 13.4. The van der Waals surface area contributed by atoms with Gasteiger partial charge >= 0.3 is 5.97 Å². The first kappa shape index (κ1) is 32.7. The molecule has 1 rings (SSSR count). The van der Waals surface area contributed by atoms with Crippen molar-refractivity contribution in [2.45, 2.75) is 154 Å². The monoisotopic (exact) mass is 514 g/mol. The smallest absolute Gasteiger partial charge is 0.334 e. The first-order chi connectivity index (χ1) is 17.6. The summed E-state index contributed by atoms with van der Waals surface area (Å²) >= 11 is 0. The third kappa shape index (κ3) is 14.4. The Bertz CT molecular complexity index is 629. The lowest BCUT2D eigenvalue weighted by Crippen LogP contribution is -2.41. The number of para-hydroxylation sites is 1. The van der Waals surface area contributed by atoms with Crippen LogP contribution in [-0.4, -0.2) is 14.0 Å². The Morgan fingerprint density at radius 2 is 0.972 bits per heavy atom. The number of unbranched alkanes of at least 4 members (excludes halogenated alkanes) is 15. The minimum Gasteiger partial charge on any atom is -0.423 e. The maximum atomic E-state index is 13.4. The minimum absolute atomic E-state index is 0.157. The molecule has 0 fully saturated rings. The summed E-state index contributed by atoms with van der Waals surface area (Å²) in [6.45, 7) is 11.3. The molecular weight excluding hydrogens is 456 g/mol. The molecule has 206 valence electrons. The zero-order valence-corrected chi connectivity index (χ0v) is 25.3. The highest BCUT2D eigenvalue weighted by molar-refractivity contribution is 6.90. The van der Waals surface area contributed by atoms with Crippen LogP contribution in [0.15, 0.2) is 42.1 Å². The number of carbonyl (C=O) groups excluding carboxylic acids is 1. The van der Waals surface area contributed by atoms with E-state index in [1.165, 1.54) is 134 Å². The molecule has 0 spiro atoms. The van der Waals surface area contributed by atoms with E-state index >= 15 is 0 Å². The Morgan fingerprint density at radius 1 is 0.611 bits per heavy atom. The molecule has 0 aliphatic heterocycles. The van der Waals surface area contributed by atoms with Gasteiger partial charge in [-0.1, -0.05) is 179 Å². The summed E-state index contributed by atoms with van der Waals surface area (Å²) < 4.78 is 5.86. The highest BCUT2D eigenvalue weighted by Gasteiger charge is 2.38. The molecule has 0 saturated heterocycles. The molecular formula is C33H58O2Si. The van der Waals surface area contributed by atoms with Gasteiger partial charge in [-0.15, -0.1) is 0 Å². The van der Waals surface area contributed by atoms with Gasteiger partial charge < -0.3 is 4.74 Å². The fourth-order valence-electron chi connectivity index (χ4n) is 5.43. The first-order valence-corrected chi connectivity index (χ1v) is 18.2. The van der Waals surface area contributed by atoms with E-state index < -0.39 is 8.07 Å².